The molecule has 6 nitrogen and oxygen atoms in total. The van der Waals surface area contributed by atoms with Crippen LogP contribution in [0, 0.1) is 13.8 Å². The number of amides is 1. The SMILES string of the molecule is Cc1nc(N2C(=O)c3oc4ccc(Br)cc4c(=O)c3C2c2ccccn2)sc1C. The van der Waals surface area contributed by atoms with Crippen molar-refractivity contribution in [1.29, 1.82) is 0 Å². The summed E-state index contributed by atoms with van der Waals surface area (Å²) >= 11 is 4.81. The smallest absolute Gasteiger partial charge is 0.297 e. The van der Waals surface area contributed by atoms with Gasteiger partial charge in [-0.1, -0.05) is 22.0 Å². The number of carbonyl (C=O) groups excluding carboxylic acids is 1. The molecule has 4 heterocycles. The van der Waals surface area contributed by atoms with Crippen molar-refractivity contribution < 1.29 is 9.21 Å². The van der Waals surface area contributed by atoms with Gasteiger partial charge in [-0.2, -0.15) is 0 Å². The number of rotatable bonds is 2. The van der Waals surface area contributed by atoms with Crippen LogP contribution in [0.25, 0.3) is 11.0 Å². The Kier molecular flexibility index (Phi) is 4.15. The Morgan fingerprint density at radius 1 is 1.17 bits per heavy atom. The molecule has 0 bridgehead atoms. The lowest BCUT2D eigenvalue weighted by Crippen LogP contribution is -2.30. The van der Waals surface area contributed by atoms with Crippen LogP contribution in [-0.4, -0.2) is 15.9 Å². The van der Waals surface area contributed by atoms with E-state index in [1.54, 1.807) is 36.5 Å². The molecule has 4 aromatic rings. The van der Waals surface area contributed by atoms with Crippen molar-refractivity contribution >= 4 is 49.3 Å². The van der Waals surface area contributed by atoms with Gasteiger partial charge < -0.3 is 4.42 Å². The number of aryl methyl sites for hydroxylation is 2. The maximum Gasteiger partial charge on any atom is 0.297 e. The van der Waals surface area contributed by atoms with Gasteiger partial charge in [0.15, 0.2) is 10.6 Å². The average molecular weight is 468 g/mol. The average Bonchev–Trinajstić information content (AvgIpc) is 3.20. The molecule has 8 heteroatoms. The van der Waals surface area contributed by atoms with Crippen molar-refractivity contribution in [2.24, 2.45) is 0 Å². The standard InChI is InChI=1S/C21H14BrN3O3S/c1-10-11(2)29-21(24-10)25-17(14-5-3-4-8-23-14)16-18(26)13-9-12(22)6-7-15(13)28-19(16)20(25)27/h3-9,17H,1-2H3. The molecule has 1 aromatic carbocycles. The Balaban J connectivity index is 1.83. The Morgan fingerprint density at radius 2 is 2.00 bits per heavy atom. The first-order valence-corrected chi connectivity index (χ1v) is 10.5. The van der Waals surface area contributed by atoms with Crippen LogP contribution in [0.5, 0.6) is 0 Å². The van der Waals surface area contributed by atoms with E-state index in [2.05, 4.69) is 25.9 Å². The molecule has 0 spiro atoms. The number of fused-ring (bicyclic) bond motifs is 2. The highest BCUT2D eigenvalue weighted by Crippen LogP contribution is 2.42. The minimum absolute atomic E-state index is 0.0472. The normalized spacial score (nSPS) is 15.9. The second kappa shape index (κ2) is 6.60. The third-order valence-corrected chi connectivity index (χ3v) is 6.59. The van der Waals surface area contributed by atoms with E-state index in [0.717, 1.165) is 15.0 Å². The van der Waals surface area contributed by atoms with Crippen LogP contribution in [0.3, 0.4) is 0 Å². The Labute approximate surface area is 178 Å². The maximum absolute atomic E-state index is 13.4. The Hall–Kier alpha value is -2.84. The van der Waals surface area contributed by atoms with Crippen LogP contribution in [0.15, 0.2) is 56.3 Å². The van der Waals surface area contributed by atoms with Gasteiger partial charge in [-0.05, 0) is 44.2 Å². The molecular weight excluding hydrogens is 454 g/mol. The first-order chi connectivity index (χ1) is 14.0. The molecule has 29 heavy (non-hydrogen) atoms. The fourth-order valence-corrected chi connectivity index (χ4v) is 4.82. The van der Waals surface area contributed by atoms with E-state index in [4.69, 9.17) is 4.42 Å². The third kappa shape index (κ3) is 2.74. The predicted molar refractivity (Wildman–Crippen MR) is 115 cm³/mol. The number of halogens is 1. The lowest BCUT2D eigenvalue weighted by molar-refractivity contribution is 0.0970. The van der Waals surface area contributed by atoms with Gasteiger partial charge in [-0.3, -0.25) is 19.5 Å². The van der Waals surface area contributed by atoms with Crippen molar-refractivity contribution in [3.63, 3.8) is 0 Å². The van der Waals surface area contributed by atoms with Crippen molar-refractivity contribution in [2.75, 3.05) is 4.90 Å². The fraction of sp³-hybridized carbons (Fsp3) is 0.143. The van der Waals surface area contributed by atoms with Gasteiger partial charge in [0, 0.05) is 15.5 Å². The molecule has 1 unspecified atom stereocenters. The second-order valence-corrected chi connectivity index (χ2v) is 8.88. The maximum atomic E-state index is 13.4. The number of hydrogen-bond donors (Lipinski definition) is 0. The molecule has 0 aliphatic carbocycles. The molecule has 0 saturated carbocycles. The van der Waals surface area contributed by atoms with Crippen LogP contribution < -0.4 is 10.3 Å². The summed E-state index contributed by atoms with van der Waals surface area (Å²) in [4.78, 5) is 38.4. The van der Waals surface area contributed by atoms with Crippen LogP contribution in [-0.2, 0) is 0 Å². The lowest BCUT2D eigenvalue weighted by Gasteiger charge is -2.21. The van der Waals surface area contributed by atoms with Gasteiger partial charge in [0.25, 0.3) is 5.91 Å². The van der Waals surface area contributed by atoms with E-state index in [0.29, 0.717) is 27.4 Å². The summed E-state index contributed by atoms with van der Waals surface area (Å²) in [6.45, 7) is 3.85. The zero-order valence-corrected chi connectivity index (χ0v) is 17.9. The number of carbonyl (C=O) groups is 1. The largest absolute Gasteiger partial charge is 0.450 e. The van der Waals surface area contributed by atoms with Crippen LogP contribution in [0.4, 0.5) is 5.13 Å². The van der Waals surface area contributed by atoms with Crippen LogP contribution in [0.1, 0.15) is 38.4 Å². The summed E-state index contributed by atoms with van der Waals surface area (Å²) < 4.78 is 6.69. The Morgan fingerprint density at radius 3 is 2.69 bits per heavy atom. The van der Waals surface area contributed by atoms with Crippen LogP contribution >= 0.6 is 27.3 Å². The molecule has 144 valence electrons. The summed E-state index contributed by atoms with van der Waals surface area (Å²) in [5.74, 6) is -0.336. The zero-order chi connectivity index (χ0) is 20.3. The molecule has 1 atom stereocenters. The molecule has 1 amide bonds. The molecule has 0 radical (unpaired) electrons. The van der Waals surface area contributed by atoms with Gasteiger partial charge in [0.1, 0.15) is 11.6 Å². The van der Waals surface area contributed by atoms with Crippen molar-refractivity contribution in [3.05, 3.63) is 84.9 Å². The number of aromatic nitrogens is 2. The van der Waals surface area contributed by atoms with E-state index in [9.17, 15) is 9.59 Å². The molecule has 0 saturated heterocycles. The molecule has 1 aliphatic rings. The minimum atomic E-state index is -0.691. The van der Waals surface area contributed by atoms with Crippen molar-refractivity contribution in [1.82, 2.24) is 9.97 Å². The Bertz CT molecular complexity index is 1330. The highest BCUT2D eigenvalue weighted by atomic mass is 79.9. The summed E-state index contributed by atoms with van der Waals surface area (Å²) in [6, 6.07) is 9.91. The van der Waals surface area contributed by atoms with Crippen molar-refractivity contribution in [3.8, 4) is 0 Å². The number of nitrogens with zero attached hydrogens (tertiary/aromatic N) is 3. The number of thiazole rings is 1. The molecule has 5 rings (SSSR count). The summed E-state index contributed by atoms with van der Waals surface area (Å²) in [5.41, 5.74) is 1.87. The molecule has 3 aromatic heterocycles. The quantitative estimate of drug-likeness (QED) is 0.424. The van der Waals surface area contributed by atoms with E-state index >= 15 is 0 Å². The van der Waals surface area contributed by atoms with E-state index in [-0.39, 0.29) is 17.1 Å². The number of hydrogen-bond acceptors (Lipinski definition) is 6. The summed E-state index contributed by atoms with van der Waals surface area (Å²) in [6.07, 6.45) is 1.65. The van der Waals surface area contributed by atoms with Gasteiger partial charge in [-0.15, -0.1) is 11.3 Å². The zero-order valence-electron chi connectivity index (χ0n) is 15.5. The minimum Gasteiger partial charge on any atom is -0.450 e. The third-order valence-electron chi connectivity index (χ3n) is 5.02. The fourth-order valence-electron chi connectivity index (χ4n) is 3.52. The highest BCUT2D eigenvalue weighted by Gasteiger charge is 2.45. The summed E-state index contributed by atoms with van der Waals surface area (Å²) in [7, 11) is 0. The predicted octanol–water partition coefficient (Wildman–Crippen LogP) is 4.77. The number of pyridine rings is 1. The molecule has 1 aliphatic heterocycles. The number of benzene rings is 1. The monoisotopic (exact) mass is 467 g/mol. The summed E-state index contributed by atoms with van der Waals surface area (Å²) in [5, 5.41) is 0.942. The van der Waals surface area contributed by atoms with Gasteiger partial charge in [0.2, 0.25) is 5.76 Å². The second-order valence-electron chi connectivity index (χ2n) is 6.78. The van der Waals surface area contributed by atoms with Crippen LogP contribution in [0.2, 0.25) is 0 Å². The molecule has 0 fully saturated rings. The first-order valence-electron chi connectivity index (χ1n) is 8.90. The van der Waals surface area contributed by atoms with E-state index < -0.39 is 6.04 Å². The van der Waals surface area contributed by atoms with Gasteiger partial charge >= 0.3 is 0 Å². The molecule has 0 N–H and O–H groups in total. The first kappa shape index (κ1) is 18.2. The van der Waals surface area contributed by atoms with Gasteiger partial charge in [0.05, 0.1) is 22.3 Å². The van der Waals surface area contributed by atoms with E-state index in [1.165, 1.54) is 16.2 Å². The lowest BCUT2D eigenvalue weighted by atomic mass is 10.0. The van der Waals surface area contributed by atoms with Crippen molar-refractivity contribution in [2.45, 2.75) is 19.9 Å². The van der Waals surface area contributed by atoms with E-state index in [1.807, 2.05) is 19.9 Å². The number of anilines is 1. The highest BCUT2D eigenvalue weighted by molar-refractivity contribution is 9.10. The molecular formula is C21H14BrN3O3S. The van der Waals surface area contributed by atoms with Gasteiger partial charge in [-0.25, -0.2) is 4.98 Å². The topological polar surface area (TPSA) is 76.3 Å².